The van der Waals surface area contributed by atoms with Gasteiger partial charge < -0.3 is 5.32 Å². The number of unbranched alkanes of at least 4 members (excludes halogenated alkanes) is 1. The molecule has 2 rings (SSSR count). The topological polar surface area (TPSA) is 12.0 Å². The minimum atomic E-state index is 1.05. The van der Waals surface area contributed by atoms with Gasteiger partial charge in [0.15, 0.2) is 0 Å². The number of benzene rings is 2. The first-order valence-corrected chi connectivity index (χ1v) is 8.03. The summed E-state index contributed by atoms with van der Waals surface area (Å²) in [5.74, 6) is 0. The monoisotopic (exact) mass is 271 g/mol. The first-order valence-electron chi connectivity index (χ1n) is 6.80. The molecule has 0 aromatic heterocycles. The van der Waals surface area contributed by atoms with E-state index in [0.29, 0.717) is 0 Å². The van der Waals surface area contributed by atoms with Crippen molar-refractivity contribution in [1.29, 1.82) is 0 Å². The summed E-state index contributed by atoms with van der Waals surface area (Å²) in [5, 5.41) is 3.47. The van der Waals surface area contributed by atoms with Crippen LogP contribution in [0.1, 0.15) is 18.4 Å². The van der Waals surface area contributed by atoms with Crippen molar-refractivity contribution in [2.75, 3.05) is 18.1 Å². The number of rotatable bonds is 7. The molecule has 0 radical (unpaired) electrons. The van der Waals surface area contributed by atoms with Crippen molar-refractivity contribution in [2.45, 2.75) is 24.2 Å². The number of anilines is 1. The minimum absolute atomic E-state index is 1.05. The molecular weight excluding hydrogens is 250 g/mol. The highest BCUT2D eigenvalue weighted by molar-refractivity contribution is 7.98. The van der Waals surface area contributed by atoms with Crippen molar-refractivity contribution >= 4 is 17.4 Å². The van der Waals surface area contributed by atoms with Crippen molar-refractivity contribution in [1.82, 2.24) is 0 Å². The molecule has 2 heteroatoms. The Balaban J connectivity index is 1.63. The van der Waals surface area contributed by atoms with Crippen LogP contribution in [0, 0.1) is 0 Å². The van der Waals surface area contributed by atoms with Crippen LogP contribution in [0.4, 0.5) is 5.69 Å². The molecule has 0 heterocycles. The van der Waals surface area contributed by atoms with Gasteiger partial charge in [0.2, 0.25) is 0 Å². The van der Waals surface area contributed by atoms with Crippen molar-refractivity contribution in [3.8, 4) is 0 Å². The quantitative estimate of drug-likeness (QED) is 0.571. The molecule has 0 aliphatic carbocycles. The molecule has 0 aliphatic heterocycles. The molecule has 0 unspecified atom stereocenters. The van der Waals surface area contributed by atoms with Crippen LogP contribution < -0.4 is 5.32 Å². The summed E-state index contributed by atoms with van der Waals surface area (Å²) >= 11 is 1.78. The van der Waals surface area contributed by atoms with E-state index >= 15 is 0 Å². The van der Waals surface area contributed by atoms with Crippen molar-refractivity contribution in [3.05, 3.63) is 60.2 Å². The van der Waals surface area contributed by atoms with Gasteiger partial charge in [-0.3, -0.25) is 0 Å². The Morgan fingerprint density at radius 2 is 1.63 bits per heavy atom. The van der Waals surface area contributed by atoms with E-state index < -0.39 is 0 Å². The van der Waals surface area contributed by atoms with E-state index in [-0.39, 0.29) is 0 Å². The second kappa shape index (κ2) is 7.90. The Morgan fingerprint density at radius 3 is 2.32 bits per heavy atom. The molecule has 100 valence electrons. The standard InChI is InChI=1S/C17H21NS/c1-19-17-12-10-16(11-13-17)18-14-6-5-9-15-7-3-2-4-8-15/h2-4,7-8,10-13,18H,5-6,9,14H2,1H3. The fraction of sp³-hybridized carbons (Fsp3) is 0.294. The third kappa shape index (κ3) is 4.99. The van der Waals surface area contributed by atoms with Gasteiger partial charge in [0.25, 0.3) is 0 Å². The molecule has 0 aliphatic rings. The average molecular weight is 271 g/mol. The number of hydrogen-bond acceptors (Lipinski definition) is 2. The lowest BCUT2D eigenvalue weighted by Gasteiger charge is -2.07. The minimum Gasteiger partial charge on any atom is -0.385 e. The van der Waals surface area contributed by atoms with Crippen molar-refractivity contribution < 1.29 is 0 Å². The second-order valence-electron chi connectivity index (χ2n) is 4.60. The summed E-state index contributed by atoms with van der Waals surface area (Å²) in [6.07, 6.45) is 5.72. The molecule has 2 aromatic rings. The fourth-order valence-corrected chi connectivity index (χ4v) is 2.45. The van der Waals surface area contributed by atoms with E-state index in [2.05, 4.69) is 66.2 Å². The maximum Gasteiger partial charge on any atom is 0.0340 e. The zero-order chi connectivity index (χ0) is 13.3. The predicted molar refractivity (Wildman–Crippen MR) is 86.1 cm³/mol. The normalized spacial score (nSPS) is 10.4. The lowest BCUT2D eigenvalue weighted by Crippen LogP contribution is -2.01. The van der Waals surface area contributed by atoms with Gasteiger partial charge >= 0.3 is 0 Å². The maximum absolute atomic E-state index is 3.47. The molecule has 0 saturated heterocycles. The van der Waals surface area contributed by atoms with Gasteiger partial charge in [-0.25, -0.2) is 0 Å². The summed E-state index contributed by atoms with van der Waals surface area (Å²) in [6, 6.07) is 19.3. The van der Waals surface area contributed by atoms with Gasteiger partial charge in [-0.2, -0.15) is 0 Å². The van der Waals surface area contributed by atoms with E-state index in [1.54, 1.807) is 11.8 Å². The highest BCUT2D eigenvalue weighted by Gasteiger charge is 1.94. The molecule has 0 bridgehead atoms. The van der Waals surface area contributed by atoms with E-state index in [4.69, 9.17) is 0 Å². The number of thioether (sulfide) groups is 1. The molecule has 0 atom stereocenters. The molecule has 0 amide bonds. The van der Waals surface area contributed by atoms with Crippen molar-refractivity contribution in [3.63, 3.8) is 0 Å². The van der Waals surface area contributed by atoms with Gasteiger partial charge in [0.1, 0.15) is 0 Å². The smallest absolute Gasteiger partial charge is 0.0340 e. The van der Waals surface area contributed by atoms with Crippen LogP contribution in [-0.4, -0.2) is 12.8 Å². The Labute approximate surface area is 120 Å². The Hall–Kier alpha value is -1.41. The Kier molecular flexibility index (Phi) is 5.83. The highest BCUT2D eigenvalue weighted by Crippen LogP contribution is 2.17. The Bertz CT molecular complexity index is 464. The summed E-state index contributed by atoms with van der Waals surface area (Å²) in [4.78, 5) is 1.31. The summed E-state index contributed by atoms with van der Waals surface area (Å²) in [6.45, 7) is 1.05. The van der Waals surface area contributed by atoms with Crippen LogP contribution >= 0.6 is 11.8 Å². The van der Waals surface area contributed by atoms with E-state index in [1.807, 2.05) is 0 Å². The average Bonchev–Trinajstić information content (AvgIpc) is 2.49. The molecule has 1 nitrogen and oxygen atoms in total. The van der Waals surface area contributed by atoms with E-state index in [9.17, 15) is 0 Å². The second-order valence-corrected chi connectivity index (χ2v) is 5.48. The summed E-state index contributed by atoms with van der Waals surface area (Å²) in [5.41, 5.74) is 2.66. The lowest BCUT2D eigenvalue weighted by molar-refractivity contribution is 0.763. The molecule has 0 fully saturated rings. The number of hydrogen-bond donors (Lipinski definition) is 1. The first-order chi connectivity index (χ1) is 9.38. The third-order valence-corrected chi connectivity index (χ3v) is 3.90. The predicted octanol–water partition coefficient (Wildman–Crippen LogP) is 4.84. The molecule has 0 saturated carbocycles. The fourth-order valence-electron chi connectivity index (χ4n) is 2.04. The zero-order valence-corrected chi connectivity index (χ0v) is 12.2. The largest absolute Gasteiger partial charge is 0.385 e. The van der Waals surface area contributed by atoms with Gasteiger partial charge in [0, 0.05) is 17.1 Å². The molecule has 1 N–H and O–H groups in total. The van der Waals surface area contributed by atoms with Crippen LogP contribution in [0.15, 0.2) is 59.5 Å². The maximum atomic E-state index is 3.47. The zero-order valence-electron chi connectivity index (χ0n) is 11.4. The first kappa shape index (κ1) is 14.0. The van der Waals surface area contributed by atoms with Gasteiger partial charge in [-0.1, -0.05) is 30.3 Å². The third-order valence-electron chi connectivity index (χ3n) is 3.15. The summed E-state index contributed by atoms with van der Waals surface area (Å²) < 4.78 is 0. The van der Waals surface area contributed by atoms with Gasteiger partial charge in [-0.05, 0) is 55.3 Å². The molecular formula is C17H21NS. The Morgan fingerprint density at radius 1 is 0.895 bits per heavy atom. The van der Waals surface area contributed by atoms with E-state index in [1.165, 1.54) is 35.4 Å². The van der Waals surface area contributed by atoms with Gasteiger partial charge in [0.05, 0.1) is 0 Å². The highest BCUT2D eigenvalue weighted by atomic mass is 32.2. The molecule has 19 heavy (non-hydrogen) atoms. The number of aryl methyl sites for hydroxylation is 1. The van der Waals surface area contributed by atoms with Gasteiger partial charge in [-0.15, -0.1) is 11.8 Å². The van der Waals surface area contributed by atoms with Crippen LogP contribution in [0.25, 0.3) is 0 Å². The molecule has 2 aromatic carbocycles. The van der Waals surface area contributed by atoms with Crippen LogP contribution in [-0.2, 0) is 6.42 Å². The molecule has 0 spiro atoms. The van der Waals surface area contributed by atoms with Crippen molar-refractivity contribution in [2.24, 2.45) is 0 Å². The number of nitrogens with one attached hydrogen (secondary N) is 1. The van der Waals surface area contributed by atoms with Crippen LogP contribution in [0.5, 0.6) is 0 Å². The SMILES string of the molecule is CSc1ccc(NCCCCc2ccccc2)cc1. The van der Waals surface area contributed by atoms with E-state index in [0.717, 1.165) is 6.54 Å². The van der Waals surface area contributed by atoms with Crippen LogP contribution in [0.2, 0.25) is 0 Å². The van der Waals surface area contributed by atoms with Crippen LogP contribution in [0.3, 0.4) is 0 Å². The summed E-state index contributed by atoms with van der Waals surface area (Å²) in [7, 11) is 0. The lowest BCUT2D eigenvalue weighted by atomic mass is 10.1.